The van der Waals surface area contributed by atoms with E-state index >= 15 is 0 Å². The first-order chi connectivity index (χ1) is 32.1. The van der Waals surface area contributed by atoms with E-state index in [-0.39, 0.29) is 5.56 Å². The number of nitrogens with zero attached hydrogens (tertiary/aromatic N) is 8. The molecule has 8 aromatic heterocycles. The quantitative estimate of drug-likeness (QED) is 0.141. The zero-order valence-electron chi connectivity index (χ0n) is 35.1. The molecule has 0 radical (unpaired) electrons. The number of hydrogen-bond donors (Lipinski definition) is 0. The van der Waals surface area contributed by atoms with Crippen molar-refractivity contribution >= 4 is 60.2 Å². The second-order valence-electron chi connectivity index (χ2n) is 15.9. The lowest BCUT2D eigenvalue weighted by molar-refractivity contribution is 1.21. The van der Waals surface area contributed by atoms with Gasteiger partial charge in [-0.1, -0.05) is 67.3 Å². The maximum Gasteiger partial charge on any atom is 0.265 e. The summed E-state index contributed by atoms with van der Waals surface area (Å²) in [7, 11) is 0. The van der Waals surface area contributed by atoms with Gasteiger partial charge in [-0.05, 0) is 132 Å². The summed E-state index contributed by atoms with van der Waals surface area (Å²) in [5.74, 6) is 0. The first-order valence-electron chi connectivity index (χ1n) is 21.4. The van der Waals surface area contributed by atoms with Gasteiger partial charge in [0.25, 0.3) is 5.56 Å². The Kier molecular flexibility index (Phi) is 8.80. The summed E-state index contributed by atoms with van der Waals surface area (Å²) < 4.78 is 4.19. The van der Waals surface area contributed by atoms with Gasteiger partial charge >= 0.3 is 0 Å². The van der Waals surface area contributed by atoms with Gasteiger partial charge in [0.1, 0.15) is 0 Å². The molecule has 8 heterocycles. The Balaban J connectivity index is 1.11. The largest absolute Gasteiger partial charge is 0.306 e. The fourth-order valence-corrected chi connectivity index (χ4v) is 9.30. The van der Waals surface area contributed by atoms with E-state index in [0.717, 1.165) is 106 Å². The van der Waals surface area contributed by atoms with E-state index in [0.29, 0.717) is 16.8 Å². The number of benzene rings is 4. The minimum absolute atomic E-state index is 0.0736. The third-order valence-electron chi connectivity index (χ3n) is 12.1. The number of pyridine rings is 5. The minimum Gasteiger partial charge on any atom is -0.306 e. The molecule has 0 aliphatic heterocycles. The molecule has 0 aliphatic rings. The molecule has 0 N–H and O–H groups in total. The van der Waals surface area contributed by atoms with Crippen LogP contribution in [0, 0.1) is 0 Å². The monoisotopic (exact) mass is 836 g/mol. The summed E-state index contributed by atoms with van der Waals surface area (Å²) >= 11 is 0. The molecule has 0 bridgehead atoms. The number of para-hydroxylation sites is 1. The van der Waals surface area contributed by atoms with E-state index < -0.39 is 0 Å². The lowest BCUT2D eigenvalue weighted by atomic mass is 9.99. The van der Waals surface area contributed by atoms with Crippen molar-refractivity contribution in [3.63, 3.8) is 0 Å². The molecule has 65 heavy (non-hydrogen) atoms. The zero-order chi connectivity index (χ0) is 43.6. The molecular formula is C56H36N8O. The van der Waals surface area contributed by atoms with E-state index in [2.05, 4.69) is 104 Å². The van der Waals surface area contributed by atoms with Gasteiger partial charge < -0.3 is 4.40 Å². The molecule has 9 nitrogen and oxygen atoms in total. The molecule has 306 valence electrons. The fourth-order valence-electron chi connectivity index (χ4n) is 9.30. The highest BCUT2D eigenvalue weighted by molar-refractivity contribution is 6.24. The highest BCUT2D eigenvalue weighted by Crippen LogP contribution is 2.42. The van der Waals surface area contributed by atoms with Gasteiger partial charge in [-0.15, -0.1) is 0 Å². The minimum atomic E-state index is -0.0736. The van der Waals surface area contributed by atoms with Crippen molar-refractivity contribution in [3.05, 3.63) is 211 Å². The third-order valence-corrected chi connectivity index (χ3v) is 12.1. The van der Waals surface area contributed by atoms with Gasteiger partial charge in [-0.25, -0.2) is 9.97 Å². The smallest absolute Gasteiger partial charge is 0.265 e. The predicted molar refractivity (Wildman–Crippen MR) is 264 cm³/mol. The standard InChI is InChI=1S/C56H36N8O/c1-3-13-43(57-4-2)47-30-36(31-48(61-47)44-15-7-10-25-58-44)35-20-24-53-42(29-35)39-22-21-38-41-28-34(19-23-52(41)63-51-18-6-5-14-40(51)56(65)64(53)55(39)54(38)63)37-32-49(45-16-8-11-26-59-45)62-50(33-37)46-17-9-12-27-60-46/h3-33H,2H2,1H3/b13-3-,57-43?. The molecule has 4 aromatic carbocycles. The molecule has 12 aromatic rings. The summed E-state index contributed by atoms with van der Waals surface area (Å²) in [6.07, 6.45) is 10.7. The fraction of sp³-hybridized carbons (Fsp3) is 0.0179. The highest BCUT2D eigenvalue weighted by atomic mass is 16.1. The Morgan fingerprint density at radius 1 is 0.492 bits per heavy atom. The molecule has 0 saturated carbocycles. The Bertz CT molecular complexity index is 3930. The lowest BCUT2D eigenvalue weighted by Gasteiger charge is -2.10. The van der Waals surface area contributed by atoms with Crippen molar-refractivity contribution in [2.75, 3.05) is 0 Å². The summed E-state index contributed by atoms with van der Waals surface area (Å²) in [6, 6.07) is 51.1. The summed E-state index contributed by atoms with van der Waals surface area (Å²) in [4.78, 5) is 43.5. The molecule has 0 atom stereocenters. The van der Waals surface area contributed by atoms with Crippen LogP contribution in [0.2, 0.25) is 0 Å². The van der Waals surface area contributed by atoms with Crippen molar-refractivity contribution in [1.82, 2.24) is 33.7 Å². The Morgan fingerprint density at radius 2 is 1.00 bits per heavy atom. The van der Waals surface area contributed by atoms with Crippen LogP contribution in [0.15, 0.2) is 205 Å². The molecular weight excluding hydrogens is 801 g/mol. The topological polar surface area (TPSA) is 103 Å². The summed E-state index contributed by atoms with van der Waals surface area (Å²) in [5.41, 5.74) is 14.3. The van der Waals surface area contributed by atoms with Gasteiger partial charge in [0.15, 0.2) is 0 Å². The number of rotatable bonds is 8. The Morgan fingerprint density at radius 3 is 1.55 bits per heavy atom. The van der Waals surface area contributed by atoms with Crippen LogP contribution >= 0.6 is 0 Å². The van der Waals surface area contributed by atoms with Crippen molar-refractivity contribution in [3.8, 4) is 56.4 Å². The first kappa shape index (κ1) is 37.8. The number of allylic oxidation sites excluding steroid dienone is 2. The number of hydrogen-bond acceptors (Lipinski definition) is 7. The van der Waals surface area contributed by atoms with Crippen molar-refractivity contribution in [2.24, 2.45) is 4.99 Å². The van der Waals surface area contributed by atoms with Gasteiger partial charge in [-0.3, -0.25) is 29.1 Å². The number of aliphatic imine (C=N–C) groups is 1. The average molecular weight is 837 g/mol. The van der Waals surface area contributed by atoms with Crippen molar-refractivity contribution in [1.29, 1.82) is 0 Å². The van der Waals surface area contributed by atoms with Gasteiger partial charge in [0.05, 0.1) is 78.5 Å². The van der Waals surface area contributed by atoms with E-state index in [9.17, 15) is 4.79 Å². The molecule has 0 fully saturated rings. The Hall–Kier alpha value is -8.95. The van der Waals surface area contributed by atoms with E-state index in [4.69, 9.17) is 9.97 Å². The second kappa shape index (κ2) is 15.1. The third kappa shape index (κ3) is 6.12. The molecule has 0 unspecified atom stereocenters. The summed E-state index contributed by atoms with van der Waals surface area (Å²) in [6.45, 7) is 5.81. The first-order valence-corrected chi connectivity index (χ1v) is 21.4. The van der Waals surface area contributed by atoms with E-state index in [1.807, 2.05) is 102 Å². The van der Waals surface area contributed by atoms with Gasteiger partial charge in [0, 0.05) is 46.3 Å². The molecule has 0 spiro atoms. The number of fused-ring (bicyclic) bond motifs is 8. The van der Waals surface area contributed by atoms with Crippen LogP contribution < -0.4 is 5.56 Å². The molecule has 0 aliphatic carbocycles. The molecule has 9 heteroatoms. The summed E-state index contributed by atoms with van der Waals surface area (Å²) in [5, 5.41) is 4.69. The maximum atomic E-state index is 15.0. The highest BCUT2D eigenvalue weighted by Gasteiger charge is 2.23. The Labute approximate surface area is 372 Å². The lowest BCUT2D eigenvalue weighted by Crippen LogP contribution is -2.09. The number of aromatic nitrogens is 7. The predicted octanol–water partition coefficient (Wildman–Crippen LogP) is 12.4. The van der Waals surface area contributed by atoms with Crippen LogP contribution in [0.25, 0.3) is 111 Å². The molecule has 0 saturated heterocycles. The second-order valence-corrected chi connectivity index (χ2v) is 15.9. The van der Waals surface area contributed by atoms with Crippen molar-refractivity contribution < 1.29 is 0 Å². The van der Waals surface area contributed by atoms with Gasteiger partial charge in [0.2, 0.25) is 0 Å². The SMILES string of the molecule is C=CN=C(/C=C\C)c1cc(-c2ccc3c(c2)c2ccc4c5cc(-c6cc(-c7ccccn7)nc(-c7ccccn7)c6)ccc5n5c6ccccc6c(=O)n3c2c45)cc(-c2ccccn2)n1. The van der Waals surface area contributed by atoms with Crippen LogP contribution in [-0.4, -0.2) is 39.4 Å². The molecule has 12 rings (SSSR count). The van der Waals surface area contributed by atoms with Crippen LogP contribution in [0.5, 0.6) is 0 Å². The zero-order valence-corrected chi connectivity index (χ0v) is 35.1. The van der Waals surface area contributed by atoms with E-state index in [1.54, 1.807) is 18.6 Å². The van der Waals surface area contributed by atoms with E-state index in [1.165, 1.54) is 6.20 Å². The van der Waals surface area contributed by atoms with Crippen molar-refractivity contribution in [2.45, 2.75) is 6.92 Å². The molecule has 0 amide bonds. The normalized spacial score (nSPS) is 12.2. The van der Waals surface area contributed by atoms with Crippen LogP contribution in [-0.2, 0) is 0 Å². The maximum absolute atomic E-state index is 15.0. The van der Waals surface area contributed by atoms with Crippen LogP contribution in [0.3, 0.4) is 0 Å². The van der Waals surface area contributed by atoms with Gasteiger partial charge in [-0.2, -0.15) is 0 Å². The average Bonchev–Trinajstić information content (AvgIpc) is 3.85. The van der Waals surface area contributed by atoms with Crippen LogP contribution in [0.1, 0.15) is 12.6 Å². The van der Waals surface area contributed by atoms with Crippen LogP contribution in [0.4, 0.5) is 0 Å².